The molecule has 0 bridgehead atoms. The Kier molecular flexibility index (Phi) is 6.61. The Morgan fingerprint density at radius 2 is 1.78 bits per heavy atom. The Bertz CT molecular complexity index is 1100. The summed E-state index contributed by atoms with van der Waals surface area (Å²) in [5, 5.41) is 11.0. The molecule has 0 unspecified atom stereocenters. The molecule has 2 aromatic heterocycles. The van der Waals surface area contributed by atoms with Crippen LogP contribution in [-0.2, 0) is 6.54 Å². The van der Waals surface area contributed by atoms with Crippen molar-refractivity contribution in [2.75, 3.05) is 20.2 Å². The van der Waals surface area contributed by atoms with Crippen molar-refractivity contribution in [3.05, 3.63) is 87.6 Å². The van der Waals surface area contributed by atoms with Crippen LogP contribution in [-0.4, -0.2) is 39.8 Å². The molecule has 0 saturated carbocycles. The number of aromatic nitrogens is 2. The van der Waals surface area contributed by atoms with E-state index in [0.29, 0.717) is 18.0 Å². The van der Waals surface area contributed by atoms with Crippen molar-refractivity contribution in [1.82, 2.24) is 14.5 Å². The van der Waals surface area contributed by atoms with Crippen molar-refractivity contribution in [3.63, 3.8) is 0 Å². The van der Waals surface area contributed by atoms with Gasteiger partial charge in [0.1, 0.15) is 11.5 Å². The summed E-state index contributed by atoms with van der Waals surface area (Å²) in [7, 11) is 1.64. The number of rotatable bonds is 6. The van der Waals surface area contributed by atoms with Crippen LogP contribution in [0.25, 0.3) is 0 Å². The lowest BCUT2D eigenvalue weighted by atomic mass is 9.92. The van der Waals surface area contributed by atoms with Crippen molar-refractivity contribution in [3.8, 4) is 11.5 Å². The van der Waals surface area contributed by atoms with Gasteiger partial charge in [-0.25, -0.2) is 0 Å². The van der Waals surface area contributed by atoms with Crippen molar-refractivity contribution >= 4 is 0 Å². The second-order valence-corrected chi connectivity index (χ2v) is 8.73. The van der Waals surface area contributed by atoms with Crippen molar-refractivity contribution in [1.29, 1.82) is 0 Å². The lowest BCUT2D eigenvalue weighted by Gasteiger charge is -2.37. The van der Waals surface area contributed by atoms with E-state index in [4.69, 9.17) is 4.74 Å². The summed E-state index contributed by atoms with van der Waals surface area (Å²) in [6.45, 7) is 6.34. The zero-order valence-electron chi connectivity index (χ0n) is 19.0. The molecule has 0 radical (unpaired) electrons. The number of nitrogens with zero attached hydrogens (tertiary/aromatic N) is 3. The molecule has 3 heterocycles. The van der Waals surface area contributed by atoms with Crippen molar-refractivity contribution in [2.45, 2.75) is 39.3 Å². The summed E-state index contributed by atoms with van der Waals surface area (Å²) in [5.74, 6) is 1.50. The highest BCUT2D eigenvalue weighted by atomic mass is 16.5. The maximum atomic E-state index is 13.8. The van der Waals surface area contributed by atoms with E-state index >= 15 is 0 Å². The third kappa shape index (κ3) is 4.55. The monoisotopic (exact) mass is 433 g/mol. The molecule has 6 nitrogen and oxygen atoms in total. The molecule has 4 rings (SSSR count). The van der Waals surface area contributed by atoms with Crippen molar-refractivity contribution < 1.29 is 9.84 Å². The molecule has 1 aromatic carbocycles. The van der Waals surface area contributed by atoms with E-state index in [0.717, 1.165) is 48.5 Å². The van der Waals surface area contributed by atoms with Gasteiger partial charge in [-0.2, -0.15) is 0 Å². The lowest BCUT2D eigenvalue weighted by Crippen LogP contribution is -2.40. The topological polar surface area (TPSA) is 67.6 Å². The Hall–Kier alpha value is -3.12. The lowest BCUT2D eigenvalue weighted by molar-refractivity contribution is 0.154. The molecule has 168 valence electrons. The molecule has 1 aliphatic rings. The maximum Gasteiger partial charge on any atom is 0.259 e. The molecule has 32 heavy (non-hydrogen) atoms. The Balaban J connectivity index is 1.78. The van der Waals surface area contributed by atoms with Crippen LogP contribution in [0.4, 0.5) is 0 Å². The predicted molar refractivity (Wildman–Crippen MR) is 125 cm³/mol. The molecular formula is C26H31N3O3. The highest BCUT2D eigenvalue weighted by Gasteiger charge is 2.31. The van der Waals surface area contributed by atoms with Gasteiger partial charge in [-0.05, 0) is 80.2 Å². The number of likely N-dealkylation sites (tertiary alicyclic amines) is 1. The van der Waals surface area contributed by atoms with Gasteiger partial charge < -0.3 is 14.4 Å². The van der Waals surface area contributed by atoms with E-state index in [2.05, 4.69) is 16.8 Å². The molecule has 1 aliphatic heterocycles. The first-order chi connectivity index (χ1) is 15.5. The first-order valence-electron chi connectivity index (χ1n) is 11.2. The van der Waals surface area contributed by atoms with E-state index in [-0.39, 0.29) is 17.4 Å². The molecule has 1 fully saturated rings. The molecule has 1 atom stereocenters. The van der Waals surface area contributed by atoms with E-state index in [9.17, 15) is 9.90 Å². The number of ether oxygens (including phenoxy) is 1. The SMILES string of the molecule is COc1ccc(Cn2c(C)cc(O)c([C@H](c3ccncc3)N3CCC(C)CC3)c2=O)cc1. The molecule has 6 heteroatoms. The molecule has 0 aliphatic carbocycles. The summed E-state index contributed by atoms with van der Waals surface area (Å²) in [6.07, 6.45) is 5.65. The van der Waals surface area contributed by atoms with Gasteiger partial charge in [0, 0.05) is 18.1 Å². The fourth-order valence-electron chi connectivity index (χ4n) is 4.53. The van der Waals surface area contributed by atoms with Crippen LogP contribution in [0.1, 0.15) is 48.2 Å². The number of aryl methyl sites for hydroxylation is 1. The Morgan fingerprint density at radius 3 is 2.41 bits per heavy atom. The number of hydrogen-bond acceptors (Lipinski definition) is 5. The predicted octanol–water partition coefficient (Wildman–Crippen LogP) is 4.14. The van der Waals surface area contributed by atoms with Crippen LogP contribution in [0.5, 0.6) is 11.5 Å². The summed E-state index contributed by atoms with van der Waals surface area (Å²) < 4.78 is 6.99. The first kappa shape index (κ1) is 22.1. The van der Waals surface area contributed by atoms with Crippen LogP contribution in [0.3, 0.4) is 0 Å². The zero-order valence-corrected chi connectivity index (χ0v) is 19.0. The van der Waals surface area contributed by atoms with Crippen LogP contribution < -0.4 is 10.3 Å². The third-order valence-corrected chi connectivity index (χ3v) is 6.50. The second kappa shape index (κ2) is 9.57. The van der Waals surface area contributed by atoms with Gasteiger partial charge in [0.2, 0.25) is 0 Å². The maximum absolute atomic E-state index is 13.8. The number of methoxy groups -OCH3 is 1. The minimum atomic E-state index is -0.305. The largest absolute Gasteiger partial charge is 0.507 e. The fourth-order valence-corrected chi connectivity index (χ4v) is 4.53. The number of aromatic hydroxyl groups is 1. The third-order valence-electron chi connectivity index (χ3n) is 6.50. The van der Waals surface area contributed by atoms with Crippen LogP contribution >= 0.6 is 0 Å². The average molecular weight is 434 g/mol. The van der Waals surface area contributed by atoms with Crippen molar-refractivity contribution in [2.24, 2.45) is 5.92 Å². The van der Waals surface area contributed by atoms with Gasteiger partial charge in [-0.1, -0.05) is 19.1 Å². The summed E-state index contributed by atoms with van der Waals surface area (Å²) >= 11 is 0. The quantitative estimate of drug-likeness (QED) is 0.633. The van der Waals surface area contributed by atoms with Crippen LogP contribution in [0.2, 0.25) is 0 Å². The smallest absolute Gasteiger partial charge is 0.259 e. The minimum Gasteiger partial charge on any atom is -0.507 e. The van der Waals surface area contributed by atoms with E-state index in [1.165, 1.54) is 0 Å². The number of pyridine rings is 2. The number of hydrogen-bond donors (Lipinski definition) is 1. The minimum absolute atomic E-state index is 0.0546. The molecule has 0 spiro atoms. The highest BCUT2D eigenvalue weighted by molar-refractivity contribution is 5.41. The normalized spacial score (nSPS) is 16.1. The van der Waals surface area contributed by atoms with Gasteiger partial charge in [-0.3, -0.25) is 14.7 Å². The second-order valence-electron chi connectivity index (χ2n) is 8.73. The van der Waals surface area contributed by atoms with E-state index < -0.39 is 0 Å². The molecule has 1 N–H and O–H groups in total. The zero-order chi connectivity index (χ0) is 22.7. The van der Waals surface area contributed by atoms with Crippen LogP contribution in [0, 0.1) is 12.8 Å². The molecule has 0 amide bonds. The molecular weight excluding hydrogens is 402 g/mol. The summed E-state index contributed by atoms with van der Waals surface area (Å²) in [5.41, 5.74) is 2.98. The Labute approximate surface area is 189 Å². The molecule has 3 aromatic rings. The van der Waals surface area contributed by atoms with Gasteiger partial charge >= 0.3 is 0 Å². The summed E-state index contributed by atoms with van der Waals surface area (Å²) in [4.78, 5) is 20.3. The average Bonchev–Trinajstić information content (AvgIpc) is 2.81. The Morgan fingerprint density at radius 1 is 1.12 bits per heavy atom. The fraction of sp³-hybridized carbons (Fsp3) is 0.385. The standard InChI is InChI=1S/C26H31N3O3/c1-18-10-14-28(15-11-18)25(21-8-12-27-13-9-21)24-23(30)16-19(2)29(26(24)31)17-20-4-6-22(32-3)7-5-20/h4-9,12-13,16,18,25,30H,10-11,14-15,17H2,1-3H3/t25-/m0/s1. The highest BCUT2D eigenvalue weighted by Crippen LogP contribution is 2.35. The number of piperidine rings is 1. The first-order valence-corrected chi connectivity index (χ1v) is 11.2. The van der Waals surface area contributed by atoms with Gasteiger partial charge in [0.05, 0.1) is 25.3 Å². The van der Waals surface area contributed by atoms with Gasteiger partial charge in [-0.15, -0.1) is 0 Å². The summed E-state index contributed by atoms with van der Waals surface area (Å²) in [6, 6.07) is 13.0. The van der Waals surface area contributed by atoms with Gasteiger partial charge in [0.25, 0.3) is 5.56 Å². The molecule has 1 saturated heterocycles. The van der Waals surface area contributed by atoms with E-state index in [1.54, 1.807) is 30.1 Å². The van der Waals surface area contributed by atoms with E-state index in [1.807, 2.05) is 43.3 Å². The van der Waals surface area contributed by atoms with Crippen LogP contribution in [0.15, 0.2) is 59.7 Å². The van der Waals surface area contributed by atoms with Gasteiger partial charge in [0.15, 0.2) is 0 Å². The number of benzene rings is 1.